The van der Waals surface area contributed by atoms with E-state index in [1.54, 1.807) is 0 Å². The van der Waals surface area contributed by atoms with E-state index in [2.05, 4.69) is 217 Å². The molecule has 0 heterocycles. The molecule has 0 unspecified atom stereocenters. The molecule has 0 atom stereocenters. The van der Waals surface area contributed by atoms with E-state index in [0.29, 0.717) is 0 Å². The van der Waals surface area contributed by atoms with Crippen molar-refractivity contribution in [2.75, 3.05) is 4.90 Å². The molecule has 9 aromatic carbocycles. The highest BCUT2D eigenvalue weighted by atomic mass is 15.1. The van der Waals surface area contributed by atoms with Gasteiger partial charge in [0.1, 0.15) is 0 Å². The van der Waals surface area contributed by atoms with Gasteiger partial charge in [0.05, 0.1) is 5.41 Å². The van der Waals surface area contributed by atoms with Crippen LogP contribution in [0.5, 0.6) is 0 Å². The fourth-order valence-corrected chi connectivity index (χ4v) is 8.75. The van der Waals surface area contributed by atoms with Crippen molar-refractivity contribution in [2.24, 2.45) is 0 Å². The molecule has 0 N–H and O–H groups in total. The third-order valence-electron chi connectivity index (χ3n) is 10.9. The minimum atomic E-state index is -0.563. The molecule has 0 bridgehead atoms. The number of rotatable bonds is 6. The lowest BCUT2D eigenvalue weighted by Gasteiger charge is -2.35. The van der Waals surface area contributed by atoms with E-state index in [4.69, 9.17) is 0 Å². The number of para-hydroxylation sites is 1. The number of nitrogens with zero attached hydrogens (tertiary/aromatic N) is 1. The summed E-state index contributed by atoms with van der Waals surface area (Å²) in [5, 5.41) is 5.15. The predicted octanol–water partition coefficient (Wildman–Crippen LogP) is 13.5. The molecule has 1 aliphatic carbocycles. The van der Waals surface area contributed by atoms with Crippen LogP contribution in [0.4, 0.5) is 17.1 Å². The zero-order chi connectivity index (χ0) is 34.5. The Hall–Kier alpha value is -6.70. The molecule has 10 rings (SSSR count). The number of benzene rings is 9. The maximum Gasteiger partial charge on any atom is 0.0720 e. The summed E-state index contributed by atoms with van der Waals surface area (Å²) in [6.07, 6.45) is 0. The second-order valence-electron chi connectivity index (χ2n) is 13.6. The van der Waals surface area contributed by atoms with Crippen LogP contribution < -0.4 is 4.90 Å². The molecule has 0 saturated carbocycles. The van der Waals surface area contributed by atoms with Crippen LogP contribution in [-0.4, -0.2) is 0 Å². The molecule has 0 fully saturated rings. The van der Waals surface area contributed by atoms with Gasteiger partial charge in [-0.2, -0.15) is 0 Å². The Morgan fingerprint density at radius 1 is 0.327 bits per heavy atom. The van der Waals surface area contributed by atoms with Crippen LogP contribution in [0.25, 0.3) is 43.8 Å². The summed E-state index contributed by atoms with van der Waals surface area (Å²) in [6.45, 7) is 0. The van der Waals surface area contributed by atoms with Crippen molar-refractivity contribution in [3.8, 4) is 22.3 Å². The topological polar surface area (TPSA) is 3.24 Å². The van der Waals surface area contributed by atoms with E-state index in [1.165, 1.54) is 66.1 Å². The van der Waals surface area contributed by atoms with Crippen LogP contribution in [0.15, 0.2) is 212 Å². The van der Waals surface area contributed by atoms with Crippen LogP contribution in [-0.2, 0) is 5.41 Å². The average molecular weight is 662 g/mol. The van der Waals surface area contributed by atoms with Crippen molar-refractivity contribution in [3.05, 3.63) is 235 Å². The molecule has 244 valence electrons. The van der Waals surface area contributed by atoms with Crippen LogP contribution >= 0.6 is 0 Å². The van der Waals surface area contributed by atoms with Gasteiger partial charge in [-0.15, -0.1) is 0 Å². The van der Waals surface area contributed by atoms with Crippen molar-refractivity contribution in [2.45, 2.75) is 5.41 Å². The SMILES string of the molecule is c1ccc(-c2ccc(N(c3ccccc3)c3ccc4c(c3)C(c3ccccc3)(c3ccccc3)c3c-4c4ccccc4c4ccccc34)cc2)cc1. The molecule has 0 spiro atoms. The van der Waals surface area contributed by atoms with Crippen molar-refractivity contribution in [3.63, 3.8) is 0 Å². The summed E-state index contributed by atoms with van der Waals surface area (Å²) in [5.41, 5.74) is 13.0. The zero-order valence-electron chi connectivity index (χ0n) is 28.7. The van der Waals surface area contributed by atoms with E-state index >= 15 is 0 Å². The Morgan fingerprint density at radius 2 is 0.769 bits per heavy atom. The van der Waals surface area contributed by atoms with E-state index in [0.717, 1.165) is 17.1 Å². The molecule has 0 aliphatic heterocycles. The lowest BCUT2D eigenvalue weighted by molar-refractivity contribution is 0.776. The first-order valence-corrected chi connectivity index (χ1v) is 18.0. The summed E-state index contributed by atoms with van der Waals surface area (Å²) in [5.74, 6) is 0. The summed E-state index contributed by atoms with van der Waals surface area (Å²) in [6, 6.07) is 77.7. The number of hydrogen-bond donors (Lipinski definition) is 0. The Labute approximate surface area is 304 Å². The quantitative estimate of drug-likeness (QED) is 0.160. The van der Waals surface area contributed by atoms with Gasteiger partial charge in [0.15, 0.2) is 0 Å². The summed E-state index contributed by atoms with van der Waals surface area (Å²) in [7, 11) is 0. The van der Waals surface area contributed by atoms with E-state index in [-0.39, 0.29) is 0 Å². The Bertz CT molecular complexity index is 2660. The van der Waals surface area contributed by atoms with Crippen molar-refractivity contribution >= 4 is 38.6 Å². The second-order valence-corrected chi connectivity index (χ2v) is 13.6. The van der Waals surface area contributed by atoms with Gasteiger partial charge in [0.2, 0.25) is 0 Å². The van der Waals surface area contributed by atoms with Gasteiger partial charge < -0.3 is 4.90 Å². The molecule has 0 aromatic heterocycles. The molecule has 0 amide bonds. The van der Waals surface area contributed by atoms with Crippen molar-refractivity contribution in [1.82, 2.24) is 0 Å². The van der Waals surface area contributed by atoms with E-state index < -0.39 is 5.41 Å². The first kappa shape index (κ1) is 30.2. The Morgan fingerprint density at radius 3 is 1.38 bits per heavy atom. The third-order valence-corrected chi connectivity index (χ3v) is 10.9. The van der Waals surface area contributed by atoms with Gasteiger partial charge in [-0.3, -0.25) is 0 Å². The lowest BCUT2D eigenvalue weighted by atomic mass is 9.66. The summed E-state index contributed by atoms with van der Waals surface area (Å²) >= 11 is 0. The van der Waals surface area contributed by atoms with Gasteiger partial charge in [-0.1, -0.05) is 176 Å². The highest BCUT2D eigenvalue weighted by Gasteiger charge is 2.48. The largest absolute Gasteiger partial charge is 0.310 e. The maximum atomic E-state index is 2.47. The van der Waals surface area contributed by atoms with Gasteiger partial charge in [0, 0.05) is 17.1 Å². The van der Waals surface area contributed by atoms with Gasteiger partial charge in [-0.05, 0) is 102 Å². The summed E-state index contributed by atoms with van der Waals surface area (Å²) < 4.78 is 0. The zero-order valence-corrected chi connectivity index (χ0v) is 28.7. The number of fused-ring (bicyclic) bond motifs is 8. The average Bonchev–Trinajstić information content (AvgIpc) is 3.54. The lowest BCUT2D eigenvalue weighted by Crippen LogP contribution is -2.29. The second kappa shape index (κ2) is 12.3. The highest BCUT2D eigenvalue weighted by molar-refractivity contribution is 6.19. The Balaban J connectivity index is 1.30. The highest BCUT2D eigenvalue weighted by Crippen LogP contribution is 2.61. The van der Waals surface area contributed by atoms with Crippen LogP contribution in [0.3, 0.4) is 0 Å². The molecule has 0 saturated heterocycles. The van der Waals surface area contributed by atoms with Crippen molar-refractivity contribution in [1.29, 1.82) is 0 Å². The number of hydrogen-bond acceptors (Lipinski definition) is 1. The third kappa shape index (κ3) is 4.56. The standard InChI is InChI=1S/C51H35N/c1-5-17-36(18-6-1)37-29-31-41(32-30-37)52(40-23-11-4-12-24-40)42-33-34-47-48(35-42)51(38-19-7-2-8-20-38,39-21-9-3-10-22-39)50-46-28-16-14-26-44(46)43-25-13-15-27-45(43)49(47)50/h1-35H. The fraction of sp³-hybridized carbons (Fsp3) is 0.0196. The first-order chi connectivity index (χ1) is 25.8. The molecule has 1 heteroatoms. The van der Waals surface area contributed by atoms with Gasteiger partial charge in [-0.25, -0.2) is 0 Å². The van der Waals surface area contributed by atoms with E-state index in [9.17, 15) is 0 Å². The smallest absolute Gasteiger partial charge is 0.0720 e. The Kier molecular flexibility index (Phi) is 7.11. The fourth-order valence-electron chi connectivity index (χ4n) is 8.75. The molecular weight excluding hydrogens is 627 g/mol. The maximum absolute atomic E-state index is 2.47. The summed E-state index contributed by atoms with van der Waals surface area (Å²) in [4.78, 5) is 2.40. The van der Waals surface area contributed by atoms with Crippen LogP contribution in [0.1, 0.15) is 22.3 Å². The molecule has 52 heavy (non-hydrogen) atoms. The predicted molar refractivity (Wildman–Crippen MR) is 219 cm³/mol. The van der Waals surface area contributed by atoms with E-state index in [1.807, 2.05) is 0 Å². The van der Waals surface area contributed by atoms with Gasteiger partial charge >= 0.3 is 0 Å². The van der Waals surface area contributed by atoms with Crippen LogP contribution in [0.2, 0.25) is 0 Å². The monoisotopic (exact) mass is 661 g/mol. The first-order valence-electron chi connectivity index (χ1n) is 18.0. The molecule has 9 aromatic rings. The number of anilines is 3. The van der Waals surface area contributed by atoms with Crippen molar-refractivity contribution < 1.29 is 0 Å². The molecular formula is C51H35N. The normalized spacial score (nSPS) is 12.8. The molecule has 0 radical (unpaired) electrons. The van der Waals surface area contributed by atoms with Crippen LogP contribution in [0, 0.1) is 0 Å². The van der Waals surface area contributed by atoms with Gasteiger partial charge in [0.25, 0.3) is 0 Å². The minimum Gasteiger partial charge on any atom is -0.310 e. The molecule has 1 nitrogen and oxygen atoms in total. The minimum absolute atomic E-state index is 0.563. The molecule has 1 aliphatic rings.